The lowest BCUT2D eigenvalue weighted by molar-refractivity contribution is -0.130. The van der Waals surface area contributed by atoms with Crippen LogP contribution in [0, 0.1) is 11.8 Å². The third-order valence-corrected chi connectivity index (χ3v) is 3.63. The highest BCUT2D eigenvalue weighted by molar-refractivity contribution is 5.76. The zero-order valence-corrected chi connectivity index (χ0v) is 11.4. The van der Waals surface area contributed by atoms with Gasteiger partial charge in [-0.25, -0.2) is 0 Å². The Balaban J connectivity index is 2.24. The molecule has 1 aliphatic rings. The van der Waals surface area contributed by atoms with Gasteiger partial charge >= 0.3 is 0 Å². The second kappa shape index (κ2) is 6.80. The summed E-state index contributed by atoms with van der Waals surface area (Å²) in [5.74, 6) is 1.19. The lowest BCUT2D eigenvalue weighted by atomic mass is 10.0. The van der Waals surface area contributed by atoms with Gasteiger partial charge in [-0.3, -0.25) is 4.79 Å². The standard InChI is InChI=1S/C14H26N2O/c1-11(2)13(15)8-9-16(3)14(17)10-12-6-4-5-7-12/h4,6,11-13H,5,7-10,15H2,1-3H3. The summed E-state index contributed by atoms with van der Waals surface area (Å²) >= 11 is 0. The Morgan fingerprint density at radius 2 is 2.24 bits per heavy atom. The topological polar surface area (TPSA) is 46.3 Å². The van der Waals surface area contributed by atoms with Crippen LogP contribution in [0.4, 0.5) is 0 Å². The van der Waals surface area contributed by atoms with Crippen LogP contribution in [0.3, 0.4) is 0 Å². The van der Waals surface area contributed by atoms with Crippen molar-refractivity contribution < 1.29 is 4.79 Å². The zero-order valence-electron chi connectivity index (χ0n) is 11.4. The number of allylic oxidation sites excluding steroid dienone is 2. The zero-order chi connectivity index (χ0) is 12.8. The van der Waals surface area contributed by atoms with E-state index in [9.17, 15) is 4.79 Å². The molecule has 1 aliphatic carbocycles. The number of nitrogens with zero attached hydrogens (tertiary/aromatic N) is 1. The molecule has 2 atom stereocenters. The Morgan fingerprint density at radius 1 is 1.53 bits per heavy atom. The van der Waals surface area contributed by atoms with E-state index in [4.69, 9.17) is 5.73 Å². The van der Waals surface area contributed by atoms with Gasteiger partial charge in [0.05, 0.1) is 0 Å². The Labute approximate surface area is 105 Å². The Kier molecular flexibility index (Phi) is 5.69. The van der Waals surface area contributed by atoms with Gasteiger partial charge in [0, 0.05) is 26.1 Å². The van der Waals surface area contributed by atoms with E-state index in [0.29, 0.717) is 18.3 Å². The van der Waals surface area contributed by atoms with Crippen LogP contribution in [0.15, 0.2) is 12.2 Å². The number of carbonyl (C=O) groups excluding carboxylic acids is 1. The molecule has 0 radical (unpaired) electrons. The maximum atomic E-state index is 11.9. The molecule has 1 rings (SSSR count). The van der Waals surface area contributed by atoms with E-state index in [0.717, 1.165) is 25.8 Å². The van der Waals surface area contributed by atoms with Crippen molar-refractivity contribution in [3.05, 3.63) is 12.2 Å². The molecule has 3 heteroatoms. The van der Waals surface area contributed by atoms with Crippen molar-refractivity contribution >= 4 is 5.91 Å². The Hall–Kier alpha value is -0.830. The molecular formula is C14H26N2O. The largest absolute Gasteiger partial charge is 0.346 e. The second-order valence-corrected chi connectivity index (χ2v) is 5.48. The fraction of sp³-hybridized carbons (Fsp3) is 0.786. The lowest BCUT2D eigenvalue weighted by Gasteiger charge is -2.22. The summed E-state index contributed by atoms with van der Waals surface area (Å²) in [4.78, 5) is 13.8. The third kappa shape index (κ3) is 4.90. The first-order valence-electron chi connectivity index (χ1n) is 6.67. The van der Waals surface area contributed by atoms with Gasteiger partial charge in [-0.1, -0.05) is 26.0 Å². The monoisotopic (exact) mass is 238 g/mol. The minimum atomic E-state index is 0.191. The summed E-state index contributed by atoms with van der Waals surface area (Å²) in [6.07, 6.45) is 8.15. The molecule has 0 saturated carbocycles. The van der Waals surface area contributed by atoms with Gasteiger partial charge in [0.2, 0.25) is 5.91 Å². The van der Waals surface area contributed by atoms with Crippen LogP contribution in [-0.2, 0) is 4.79 Å². The molecule has 0 aromatic carbocycles. The van der Waals surface area contributed by atoms with Crippen LogP contribution in [0.5, 0.6) is 0 Å². The van der Waals surface area contributed by atoms with Crippen LogP contribution in [0.25, 0.3) is 0 Å². The molecule has 0 spiro atoms. The third-order valence-electron chi connectivity index (χ3n) is 3.63. The molecule has 1 amide bonds. The molecule has 0 aliphatic heterocycles. The Bertz CT molecular complexity index is 273. The van der Waals surface area contributed by atoms with Crippen molar-refractivity contribution in [3.8, 4) is 0 Å². The number of rotatable bonds is 6. The summed E-state index contributed by atoms with van der Waals surface area (Å²) in [5.41, 5.74) is 5.98. The first-order valence-corrected chi connectivity index (χ1v) is 6.67. The predicted molar refractivity (Wildman–Crippen MR) is 71.5 cm³/mol. The number of nitrogens with two attached hydrogens (primary N) is 1. The minimum absolute atomic E-state index is 0.191. The first kappa shape index (κ1) is 14.2. The van der Waals surface area contributed by atoms with Crippen molar-refractivity contribution in [3.63, 3.8) is 0 Å². The average Bonchev–Trinajstić information content (AvgIpc) is 2.77. The van der Waals surface area contributed by atoms with Crippen molar-refractivity contribution in [2.75, 3.05) is 13.6 Å². The molecular weight excluding hydrogens is 212 g/mol. The van der Waals surface area contributed by atoms with E-state index in [1.54, 1.807) is 0 Å². The van der Waals surface area contributed by atoms with Gasteiger partial charge in [-0.05, 0) is 31.1 Å². The molecule has 17 heavy (non-hydrogen) atoms. The molecule has 0 aromatic heterocycles. The fourth-order valence-corrected chi connectivity index (χ4v) is 2.05. The van der Waals surface area contributed by atoms with Gasteiger partial charge < -0.3 is 10.6 Å². The quantitative estimate of drug-likeness (QED) is 0.721. The van der Waals surface area contributed by atoms with Crippen LogP contribution >= 0.6 is 0 Å². The van der Waals surface area contributed by atoms with Gasteiger partial charge in [0.1, 0.15) is 0 Å². The van der Waals surface area contributed by atoms with E-state index >= 15 is 0 Å². The van der Waals surface area contributed by atoms with Gasteiger partial charge in [0.15, 0.2) is 0 Å². The van der Waals surface area contributed by atoms with Gasteiger partial charge in [0.25, 0.3) is 0 Å². The lowest BCUT2D eigenvalue weighted by Crippen LogP contribution is -2.35. The highest BCUT2D eigenvalue weighted by Gasteiger charge is 2.17. The smallest absolute Gasteiger partial charge is 0.222 e. The van der Waals surface area contributed by atoms with Gasteiger partial charge in [-0.2, -0.15) is 0 Å². The highest BCUT2D eigenvalue weighted by atomic mass is 16.2. The van der Waals surface area contributed by atoms with E-state index in [-0.39, 0.29) is 11.9 Å². The van der Waals surface area contributed by atoms with Crippen LogP contribution in [-0.4, -0.2) is 30.4 Å². The summed E-state index contributed by atoms with van der Waals surface area (Å²) in [6, 6.07) is 0.191. The van der Waals surface area contributed by atoms with Crippen molar-refractivity contribution in [2.45, 2.75) is 45.6 Å². The molecule has 0 aromatic rings. The van der Waals surface area contributed by atoms with Crippen LogP contribution < -0.4 is 5.73 Å². The van der Waals surface area contributed by atoms with E-state index < -0.39 is 0 Å². The van der Waals surface area contributed by atoms with E-state index in [1.807, 2.05) is 11.9 Å². The summed E-state index contributed by atoms with van der Waals surface area (Å²) in [7, 11) is 1.88. The molecule has 3 nitrogen and oxygen atoms in total. The number of hydrogen-bond donors (Lipinski definition) is 1. The molecule has 0 fully saturated rings. The molecule has 0 saturated heterocycles. The van der Waals surface area contributed by atoms with E-state index in [2.05, 4.69) is 26.0 Å². The summed E-state index contributed by atoms with van der Waals surface area (Å²) in [6.45, 7) is 5.01. The van der Waals surface area contributed by atoms with Crippen LogP contribution in [0.1, 0.15) is 39.5 Å². The minimum Gasteiger partial charge on any atom is -0.346 e. The molecule has 98 valence electrons. The van der Waals surface area contributed by atoms with Crippen molar-refractivity contribution in [1.29, 1.82) is 0 Å². The van der Waals surface area contributed by atoms with Crippen LogP contribution in [0.2, 0.25) is 0 Å². The summed E-state index contributed by atoms with van der Waals surface area (Å²) < 4.78 is 0. The Morgan fingerprint density at radius 3 is 2.76 bits per heavy atom. The second-order valence-electron chi connectivity index (χ2n) is 5.48. The highest BCUT2D eigenvalue weighted by Crippen LogP contribution is 2.21. The van der Waals surface area contributed by atoms with Gasteiger partial charge in [-0.15, -0.1) is 0 Å². The summed E-state index contributed by atoms with van der Waals surface area (Å²) in [5, 5.41) is 0. The van der Waals surface area contributed by atoms with E-state index in [1.165, 1.54) is 0 Å². The van der Waals surface area contributed by atoms with Crippen molar-refractivity contribution in [1.82, 2.24) is 4.90 Å². The molecule has 0 heterocycles. The molecule has 0 bridgehead atoms. The maximum absolute atomic E-state index is 11.9. The first-order chi connectivity index (χ1) is 8.00. The number of carbonyl (C=O) groups is 1. The SMILES string of the molecule is CC(C)C(N)CCN(C)C(=O)CC1C=CCC1. The fourth-order valence-electron chi connectivity index (χ4n) is 2.05. The van der Waals surface area contributed by atoms with Crippen molar-refractivity contribution in [2.24, 2.45) is 17.6 Å². The predicted octanol–water partition coefficient (Wildman–Crippen LogP) is 2.17. The normalized spacial score (nSPS) is 20.9. The maximum Gasteiger partial charge on any atom is 0.222 e. The molecule has 2 N–H and O–H groups in total. The average molecular weight is 238 g/mol. The molecule has 2 unspecified atom stereocenters. The number of hydrogen-bond acceptors (Lipinski definition) is 2. The number of amides is 1.